The van der Waals surface area contributed by atoms with Crippen LogP contribution in [0.1, 0.15) is 13.3 Å². The third-order valence-electron chi connectivity index (χ3n) is 4.11. The number of nitrogens with one attached hydrogen (secondary N) is 1. The van der Waals surface area contributed by atoms with Crippen molar-refractivity contribution in [1.29, 1.82) is 0 Å². The Bertz CT molecular complexity index is 1120. The number of benzene rings is 2. The fourth-order valence-corrected chi connectivity index (χ4v) is 3.99. The van der Waals surface area contributed by atoms with Crippen molar-refractivity contribution in [2.75, 3.05) is 24.7 Å². The molecule has 0 fully saturated rings. The summed E-state index contributed by atoms with van der Waals surface area (Å²) in [6, 6.07) is 7.49. The van der Waals surface area contributed by atoms with Crippen LogP contribution in [0.25, 0.3) is 22.2 Å². The molecule has 0 unspecified atom stereocenters. The molecule has 0 saturated carbocycles. The van der Waals surface area contributed by atoms with Gasteiger partial charge in [0.1, 0.15) is 12.1 Å². The highest BCUT2D eigenvalue weighted by molar-refractivity contribution is 7.92. The van der Waals surface area contributed by atoms with Crippen LogP contribution < -0.4 is 14.2 Å². The molecule has 0 saturated heterocycles. The van der Waals surface area contributed by atoms with Crippen LogP contribution >= 0.6 is 0 Å². The maximum absolute atomic E-state index is 14.8. The van der Waals surface area contributed by atoms with Crippen molar-refractivity contribution in [3.8, 4) is 22.8 Å². The fraction of sp³-hybridized carbons (Fsp3) is 0.263. The summed E-state index contributed by atoms with van der Waals surface area (Å²) < 4.78 is 51.5. The molecule has 0 radical (unpaired) electrons. The molecule has 3 rings (SSSR count). The van der Waals surface area contributed by atoms with E-state index in [1.54, 1.807) is 19.1 Å². The van der Waals surface area contributed by atoms with Gasteiger partial charge in [-0.3, -0.25) is 4.72 Å². The van der Waals surface area contributed by atoms with Gasteiger partial charge in [-0.2, -0.15) is 0 Å². The predicted molar refractivity (Wildman–Crippen MR) is 106 cm³/mol. The van der Waals surface area contributed by atoms with Crippen LogP contribution in [0.4, 0.5) is 10.1 Å². The second kappa shape index (κ2) is 7.97. The second-order valence-corrected chi connectivity index (χ2v) is 7.90. The number of hydrogen-bond donors (Lipinski definition) is 1. The Balaban J connectivity index is 2.07. The molecule has 1 aromatic heterocycles. The third-order valence-corrected chi connectivity index (χ3v) is 5.60. The molecule has 0 aliphatic rings. The van der Waals surface area contributed by atoms with Crippen molar-refractivity contribution in [3.63, 3.8) is 0 Å². The first-order valence-electron chi connectivity index (χ1n) is 8.55. The first kappa shape index (κ1) is 19.8. The number of ether oxygens (including phenoxy) is 2. The van der Waals surface area contributed by atoms with Crippen molar-refractivity contribution >= 4 is 26.6 Å². The first-order valence-corrected chi connectivity index (χ1v) is 10.2. The van der Waals surface area contributed by atoms with E-state index in [-0.39, 0.29) is 17.0 Å². The van der Waals surface area contributed by atoms with Crippen LogP contribution in [-0.4, -0.2) is 38.4 Å². The van der Waals surface area contributed by atoms with Crippen LogP contribution in [-0.2, 0) is 10.0 Å². The van der Waals surface area contributed by atoms with Crippen molar-refractivity contribution in [2.24, 2.45) is 0 Å². The molecular formula is C19H20FN3O4S. The van der Waals surface area contributed by atoms with Crippen molar-refractivity contribution in [3.05, 3.63) is 42.5 Å². The van der Waals surface area contributed by atoms with Gasteiger partial charge >= 0.3 is 0 Å². The van der Waals surface area contributed by atoms with Gasteiger partial charge in [-0.15, -0.1) is 0 Å². The van der Waals surface area contributed by atoms with Gasteiger partial charge < -0.3 is 9.47 Å². The monoisotopic (exact) mass is 405 g/mol. The lowest BCUT2D eigenvalue weighted by molar-refractivity contribution is 0.356. The predicted octanol–water partition coefficient (Wildman–Crippen LogP) is 3.60. The summed E-state index contributed by atoms with van der Waals surface area (Å²) in [5, 5.41) is 0.582. The van der Waals surface area contributed by atoms with Gasteiger partial charge in [0.25, 0.3) is 0 Å². The fourth-order valence-electron chi connectivity index (χ4n) is 2.87. The minimum Gasteiger partial charge on any atom is -0.493 e. The quantitative estimate of drug-likeness (QED) is 0.646. The number of methoxy groups -OCH3 is 2. The normalized spacial score (nSPS) is 11.4. The standard InChI is InChI=1S/C19H20FN3O4S/c1-4-7-28(24,25)23-12-5-6-13(15(20)8-12)19-14-9-17(26-2)18(27-3)10-16(14)21-11-22-19/h5-6,8-11,23H,4,7H2,1-3H3. The van der Waals surface area contributed by atoms with Crippen molar-refractivity contribution in [1.82, 2.24) is 9.97 Å². The Labute approximate surface area is 162 Å². The van der Waals surface area contributed by atoms with Crippen LogP contribution in [0.3, 0.4) is 0 Å². The highest BCUT2D eigenvalue weighted by atomic mass is 32.2. The van der Waals surface area contributed by atoms with Gasteiger partial charge in [-0.05, 0) is 30.7 Å². The van der Waals surface area contributed by atoms with Gasteiger partial charge in [0, 0.05) is 17.0 Å². The molecule has 0 aliphatic heterocycles. The van der Waals surface area contributed by atoms with Crippen LogP contribution in [0.15, 0.2) is 36.7 Å². The molecule has 0 amide bonds. The smallest absolute Gasteiger partial charge is 0.232 e. The molecule has 7 nitrogen and oxygen atoms in total. The molecule has 9 heteroatoms. The van der Waals surface area contributed by atoms with Gasteiger partial charge in [0.05, 0.1) is 36.9 Å². The van der Waals surface area contributed by atoms with E-state index in [0.29, 0.717) is 34.5 Å². The average molecular weight is 405 g/mol. The zero-order chi connectivity index (χ0) is 20.3. The number of nitrogens with zero attached hydrogens (tertiary/aromatic N) is 2. The summed E-state index contributed by atoms with van der Waals surface area (Å²) in [5.74, 6) is 0.330. The van der Waals surface area contributed by atoms with Crippen LogP contribution in [0.5, 0.6) is 11.5 Å². The van der Waals surface area contributed by atoms with E-state index in [4.69, 9.17) is 9.47 Å². The van der Waals surface area contributed by atoms with Crippen LogP contribution in [0.2, 0.25) is 0 Å². The van der Waals surface area contributed by atoms with Gasteiger partial charge in [0.2, 0.25) is 10.0 Å². The van der Waals surface area contributed by atoms with Gasteiger partial charge in [-0.25, -0.2) is 22.8 Å². The molecule has 0 atom stereocenters. The van der Waals surface area contributed by atoms with Gasteiger partial charge in [-0.1, -0.05) is 6.92 Å². The highest BCUT2D eigenvalue weighted by Gasteiger charge is 2.16. The van der Waals surface area contributed by atoms with Crippen molar-refractivity contribution in [2.45, 2.75) is 13.3 Å². The summed E-state index contributed by atoms with van der Waals surface area (Å²) in [7, 11) is -0.481. The van der Waals surface area contributed by atoms with E-state index in [1.165, 1.54) is 32.7 Å². The summed E-state index contributed by atoms with van der Waals surface area (Å²) in [6.45, 7) is 1.76. The average Bonchev–Trinajstić information content (AvgIpc) is 2.66. The van der Waals surface area contributed by atoms with Gasteiger partial charge in [0.15, 0.2) is 11.5 Å². The Morgan fingerprint density at radius 1 is 1.07 bits per heavy atom. The molecule has 2 aromatic carbocycles. The molecule has 1 N–H and O–H groups in total. The number of halogens is 1. The largest absolute Gasteiger partial charge is 0.493 e. The summed E-state index contributed by atoms with van der Waals surface area (Å²) >= 11 is 0. The molecule has 1 heterocycles. The van der Waals surface area contributed by atoms with E-state index < -0.39 is 15.8 Å². The highest BCUT2D eigenvalue weighted by Crippen LogP contribution is 2.36. The zero-order valence-corrected chi connectivity index (χ0v) is 16.5. The minimum atomic E-state index is -3.50. The lowest BCUT2D eigenvalue weighted by Gasteiger charge is -2.12. The summed E-state index contributed by atoms with van der Waals surface area (Å²) in [4.78, 5) is 8.42. The zero-order valence-electron chi connectivity index (χ0n) is 15.7. The second-order valence-electron chi connectivity index (χ2n) is 6.06. The van der Waals surface area contributed by atoms with Crippen LogP contribution in [0, 0.1) is 5.82 Å². The minimum absolute atomic E-state index is 0.0332. The lowest BCUT2D eigenvalue weighted by atomic mass is 10.0. The molecule has 148 valence electrons. The van der Waals surface area contributed by atoms with E-state index in [9.17, 15) is 12.8 Å². The number of aromatic nitrogens is 2. The topological polar surface area (TPSA) is 90.4 Å². The van der Waals surface area contributed by atoms with E-state index >= 15 is 0 Å². The number of anilines is 1. The molecule has 3 aromatic rings. The Morgan fingerprint density at radius 3 is 2.43 bits per heavy atom. The van der Waals surface area contributed by atoms with E-state index in [2.05, 4.69) is 14.7 Å². The lowest BCUT2D eigenvalue weighted by Crippen LogP contribution is -2.16. The number of hydrogen-bond acceptors (Lipinski definition) is 6. The SMILES string of the molecule is CCCS(=O)(=O)Nc1ccc(-c2ncnc3cc(OC)c(OC)cc23)c(F)c1. The Kier molecular flexibility index (Phi) is 5.64. The number of rotatable bonds is 7. The molecule has 0 spiro atoms. The summed E-state index contributed by atoms with van der Waals surface area (Å²) in [5.41, 5.74) is 1.31. The maximum atomic E-state index is 14.8. The number of sulfonamides is 1. The molecule has 28 heavy (non-hydrogen) atoms. The van der Waals surface area contributed by atoms with E-state index in [0.717, 1.165) is 6.07 Å². The van der Waals surface area contributed by atoms with E-state index in [1.807, 2.05) is 0 Å². The first-order chi connectivity index (χ1) is 13.4. The number of fused-ring (bicyclic) bond motifs is 1. The molecular weight excluding hydrogens is 385 g/mol. The summed E-state index contributed by atoms with van der Waals surface area (Å²) in [6.07, 6.45) is 1.80. The molecule has 0 bridgehead atoms. The molecule has 0 aliphatic carbocycles. The Hall–Kier alpha value is -2.94. The Morgan fingerprint density at radius 2 is 1.79 bits per heavy atom. The van der Waals surface area contributed by atoms with Crippen molar-refractivity contribution < 1.29 is 22.3 Å². The third kappa shape index (κ3) is 3.99. The maximum Gasteiger partial charge on any atom is 0.232 e.